The zero-order chi connectivity index (χ0) is 24.1. The molecule has 6 atom stereocenters. The van der Waals surface area contributed by atoms with Crippen LogP contribution < -0.4 is 10.6 Å². The van der Waals surface area contributed by atoms with E-state index in [2.05, 4.69) is 47.3 Å². The van der Waals surface area contributed by atoms with Crippen LogP contribution in [0.15, 0.2) is 0 Å². The van der Waals surface area contributed by atoms with Crippen LogP contribution in [-0.4, -0.2) is 74.3 Å². The first-order chi connectivity index (χ1) is 14.8. The predicted molar refractivity (Wildman–Crippen MR) is 131 cm³/mol. The molecule has 3 aliphatic rings. The normalized spacial score (nSPS) is 34.1. The van der Waals surface area contributed by atoms with Crippen LogP contribution in [0.3, 0.4) is 0 Å². The average molecular weight is 533 g/mol. The van der Waals surface area contributed by atoms with Gasteiger partial charge in [0, 0.05) is 35.8 Å². The number of amides is 3. The molecule has 9 heteroatoms. The van der Waals surface area contributed by atoms with Crippen LogP contribution in [-0.2, 0) is 14.4 Å². The number of fused-ring (bicyclic) bond motifs is 1. The van der Waals surface area contributed by atoms with Crippen LogP contribution in [0.4, 0.5) is 0 Å². The van der Waals surface area contributed by atoms with Crippen molar-refractivity contribution in [1.82, 2.24) is 15.5 Å². The van der Waals surface area contributed by atoms with Crippen molar-refractivity contribution < 1.29 is 19.5 Å². The van der Waals surface area contributed by atoms with E-state index in [4.69, 9.17) is 0 Å². The molecule has 7 nitrogen and oxygen atoms in total. The van der Waals surface area contributed by atoms with E-state index < -0.39 is 28.2 Å². The van der Waals surface area contributed by atoms with Gasteiger partial charge in [-0.1, -0.05) is 36.7 Å². The van der Waals surface area contributed by atoms with Crippen LogP contribution in [0.25, 0.3) is 0 Å². The van der Waals surface area contributed by atoms with Gasteiger partial charge in [0.25, 0.3) is 0 Å². The fourth-order valence-corrected chi connectivity index (χ4v) is 9.92. The molecule has 3 rings (SSSR count). The van der Waals surface area contributed by atoms with Crippen LogP contribution >= 0.6 is 27.7 Å². The number of hydrogen-bond acceptors (Lipinski definition) is 5. The number of alkyl halides is 1. The second-order valence-electron chi connectivity index (χ2n) is 11.4. The lowest BCUT2D eigenvalue weighted by atomic mass is 9.70. The topological polar surface area (TPSA) is 98.7 Å². The number of rotatable bonds is 8. The van der Waals surface area contributed by atoms with E-state index in [1.165, 1.54) is 0 Å². The Hall–Kier alpha value is -0.800. The van der Waals surface area contributed by atoms with Crippen molar-refractivity contribution in [3.05, 3.63) is 0 Å². The van der Waals surface area contributed by atoms with E-state index in [1.54, 1.807) is 23.7 Å². The Bertz CT molecular complexity index is 771. The Labute approximate surface area is 204 Å². The van der Waals surface area contributed by atoms with Gasteiger partial charge < -0.3 is 20.6 Å². The molecule has 3 N–H and O–H groups in total. The monoisotopic (exact) mass is 531 g/mol. The minimum Gasteiger partial charge on any atom is -0.396 e. The highest BCUT2D eigenvalue weighted by atomic mass is 79.9. The number of nitrogens with zero attached hydrogens (tertiary/aromatic N) is 1. The molecule has 0 aliphatic carbocycles. The molecule has 182 valence electrons. The van der Waals surface area contributed by atoms with Crippen molar-refractivity contribution >= 4 is 45.4 Å². The highest BCUT2D eigenvalue weighted by molar-refractivity contribution is 9.09. The van der Waals surface area contributed by atoms with Crippen molar-refractivity contribution in [3.8, 4) is 0 Å². The number of hydrogen-bond donors (Lipinski definition) is 3. The van der Waals surface area contributed by atoms with Crippen LogP contribution in [0.1, 0.15) is 60.3 Å². The van der Waals surface area contributed by atoms with Gasteiger partial charge in [0.2, 0.25) is 17.7 Å². The molecule has 3 heterocycles. The summed E-state index contributed by atoms with van der Waals surface area (Å²) in [6.07, 6.45) is 2.67. The molecule has 3 saturated heterocycles. The smallest absolute Gasteiger partial charge is 0.244 e. The number of halogens is 1. The number of aliphatic hydroxyl groups excluding tert-OH is 1. The second kappa shape index (κ2) is 9.10. The maximum absolute atomic E-state index is 13.8. The summed E-state index contributed by atoms with van der Waals surface area (Å²) in [4.78, 5) is 42.1. The SMILES string of the molecule is CNC(=O)[C@H]1[C@H]2C(=O)N(CCCCO)C(C(=O)NC(C)(C)CC(C)(C)C)C23CC(Br)[C@@H]1S3. The molecule has 2 bridgehead atoms. The average Bonchev–Trinajstić information content (AvgIpc) is 3.22. The first-order valence-electron chi connectivity index (χ1n) is 11.5. The van der Waals surface area contributed by atoms with Gasteiger partial charge in [0.1, 0.15) is 6.04 Å². The largest absolute Gasteiger partial charge is 0.396 e. The lowest BCUT2D eigenvalue weighted by Crippen LogP contribution is -2.58. The van der Waals surface area contributed by atoms with Gasteiger partial charge in [-0.05, 0) is 44.9 Å². The maximum atomic E-state index is 13.8. The lowest BCUT2D eigenvalue weighted by molar-refractivity contribution is -0.140. The highest BCUT2D eigenvalue weighted by Crippen LogP contribution is 2.67. The highest BCUT2D eigenvalue weighted by Gasteiger charge is 2.75. The molecule has 1 spiro atoms. The molecule has 0 aromatic rings. The maximum Gasteiger partial charge on any atom is 0.244 e. The number of nitrogens with one attached hydrogen (secondary N) is 2. The molecular formula is C23H38BrN3O4S. The van der Waals surface area contributed by atoms with E-state index >= 15 is 0 Å². The van der Waals surface area contributed by atoms with E-state index in [-0.39, 0.29) is 39.8 Å². The summed E-state index contributed by atoms with van der Waals surface area (Å²) in [5.41, 5.74) is -0.394. The molecule has 0 radical (unpaired) electrons. The molecule has 3 fully saturated rings. The molecule has 3 aliphatic heterocycles. The van der Waals surface area contributed by atoms with Gasteiger partial charge in [-0.15, -0.1) is 11.8 Å². The third kappa shape index (κ3) is 4.58. The zero-order valence-corrected chi connectivity index (χ0v) is 22.4. The lowest BCUT2D eigenvalue weighted by Gasteiger charge is -2.39. The van der Waals surface area contributed by atoms with Gasteiger partial charge in [-0.25, -0.2) is 0 Å². The van der Waals surface area contributed by atoms with Crippen molar-refractivity contribution in [3.63, 3.8) is 0 Å². The number of aliphatic hydroxyl groups is 1. The molecule has 0 aromatic carbocycles. The summed E-state index contributed by atoms with van der Waals surface area (Å²) < 4.78 is -0.617. The number of unbranched alkanes of at least 4 members (excludes halogenated alkanes) is 1. The molecule has 3 unspecified atom stereocenters. The number of carbonyl (C=O) groups excluding carboxylic acids is 3. The Morgan fingerprint density at radius 1 is 1.22 bits per heavy atom. The Morgan fingerprint density at radius 3 is 2.44 bits per heavy atom. The van der Waals surface area contributed by atoms with Crippen molar-refractivity contribution in [2.24, 2.45) is 17.3 Å². The third-order valence-corrected chi connectivity index (χ3v) is 10.0. The number of thioether (sulfide) groups is 1. The van der Waals surface area contributed by atoms with E-state index in [0.717, 1.165) is 6.42 Å². The number of likely N-dealkylation sites (tertiary alicyclic amines) is 1. The van der Waals surface area contributed by atoms with Crippen LogP contribution in [0, 0.1) is 17.3 Å². The quantitative estimate of drug-likeness (QED) is 0.329. The summed E-state index contributed by atoms with van der Waals surface area (Å²) in [5, 5.41) is 15.2. The molecule has 0 saturated carbocycles. The van der Waals surface area contributed by atoms with Crippen molar-refractivity contribution in [2.45, 2.75) is 86.7 Å². The van der Waals surface area contributed by atoms with Gasteiger partial charge >= 0.3 is 0 Å². The molecule has 32 heavy (non-hydrogen) atoms. The Kier molecular flexibility index (Phi) is 7.34. The van der Waals surface area contributed by atoms with Crippen LogP contribution in [0.2, 0.25) is 0 Å². The zero-order valence-electron chi connectivity index (χ0n) is 20.0. The minimum atomic E-state index is -0.623. The van der Waals surface area contributed by atoms with Gasteiger partial charge in [0.15, 0.2) is 0 Å². The Morgan fingerprint density at radius 2 is 1.88 bits per heavy atom. The minimum absolute atomic E-state index is 0.0265. The summed E-state index contributed by atoms with van der Waals surface area (Å²) in [7, 11) is 1.60. The standard InChI is InChI=1S/C23H38BrN3O4S/c1-21(2,3)12-22(4,5)26-19(30)17-23-11-13(24)16(32-23)14(18(29)25-6)15(23)20(31)27(17)9-7-8-10-28/h13-17,28H,7-12H2,1-6H3,(H,25,29)(H,26,30)/t13?,14-,15-,16-,17?,23?/m0/s1. The predicted octanol–water partition coefficient (Wildman–Crippen LogP) is 2.30. The molecule has 0 aromatic heterocycles. The van der Waals surface area contributed by atoms with Crippen LogP contribution in [0.5, 0.6) is 0 Å². The van der Waals surface area contributed by atoms with E-state index in [9.17, 15) is 19.5 Å². The summed E-state index contributed by atoms with van der Waals surface area (Å²) in [6.45, 7) is 11.0. The first kappa shape index (κ1) is 25.8. The van der Waals surface area contributed by atoms with Gasteiger partial charge in [-0.2, -0.15) is 0 Å². The van der Waals surface area contributed by atoms with Gasteiger partial charge in [0.05, 0.1) is 16.6 Å². The van der Waals surface area contributed by atoms with Gasteiger partial charge in [-0.3, -0.25) is 14.4 Å². The fraction of sp³-hybridized carbons (Fsp3) is 0.870. The van der Waals surface area contributed by atoms with Crippen molar-refractivity contribution in [2.75, 3.05) is 20.2 Å². The Balaban J connectivity index is 1.96. The van der Waals surface area contributed by atoms with E-state index in [1.807, 2.05) is 13.8 Å². The summed E-state index contributed by atoms with van der Waals surface area (Å²) in [6, 6.07) is -0.623. The first-order valence-corrected chi connectivity index (χ1v) is 13.3. The van der Waals surface area contributed by atoms with E-state index in [0.29, 0.717) is 25.8 Å². The summed E-state index contributed by atoms with van der Waals surface area (Å²) in [5.74, 6) is -1.31. The number of carbonyl (C=O) groups is 3. The fourth-order valence-electron chi connectivity index (χ4n) is 6.30. The molecule has 3 amide bonds. The summed E-state index contributed by atoms with van der Waals surface area (Å²) >= 11 is 5.40. The third-order valence-electron chi connectivity index (χ3n) is 6.83. The second-order valence-corrected chi connectivity index (χ2v) is 14.1. The molecular weight excluding hydrogens is 494 g/mol. The van der Waals surface area contributed by atoms with Crippen molar-refractivity contribution in [1.29, 1.82) is 0 Å².